The van der Waals surface area contributed by atoms with E-state index in [9.17, 15) is 0 Å². The Morgan fingerprint density at radius 2 is 2.64 bits per heavy atom. The van der Waals surface area contributed by atoms with Crippen LogP contribution in [0, 0.1) is 0 Å². The Kier molecular flexibility index (Phi) is 2.14. The average Bonchev–Trinajstić information content (AvgIpc) is 2.60. The summed E-state index contributed by atoms with van der Waals surface area (Å²) < 4.78 is 10.3. The number of hydrogen-bond acceptors (Lipinski definition) is 4. The van der Waals surface area contributed by atoms with Crippen LogP contribution in [0.1, 0.15) is 6.42 Å². The molecule has 3 nitrogen and oxygen atoms in total. The summed E-state index contributed by atoms with van der Waals surface area (Å²) in [6, 6.07) is 0. The quantitative estimate of drug-likeness (QED) is 0.676. The van der Waals surface area contributed by atoms with Gasteiger partial charge in [0.05, 0.1) is 12.8 Å². The number of thioether (sulfide) groups is 1. The van der Waals surface area contributed by atoms with Crippen LogP contribution < -0.4 is 0 Å². The maximum atomic E-state index is 5.22. The molecule has 0 N–H and O–H groups in total. The second-order valence-corrected chi connectivity index (χ2v) is 3.65. The third-order valence-corrected chi connectivity index (χ3v) is 2.67. The van der Waals surface area contributed by atoms with Gasteiger partial charge >= 0.3 is 0 Å². The summed E-state index contributed by atoms with van der Waals surface area (Å²) in [4.78, 5) is 4.02. The Balaban J connectivity index is 1.90. The van der Waals surface area contributed by atoms with E-state index in [1.54, 1.807) is 24.2 Å². The molecule has 1 saturated heterocycles. The van der Waals surface area contributed by atoms with Crippen LogP contribution in [0.25, 0.3) is 0 Å². The highest BCUT2D eigenvalue weighted by atomic mass is 32.2. The fourth-order valence-electron chi connectivity index (χ4n) is 1.02. The maximum absolute atomic E-state index is 5.22. The average molecular weight is 171 g/mol. The van der Waals surface area contributed by atoms with E-state index < -0.39 is 0 Å². The van der Waals surface area contributed by atoms with Crippen molar-refractivity contribution in [3.05, 3.63) is 12.5 Å². The highest BCUT2D eigenvalue weighted by Gasteiger charge is 2.18. The van der Waals surface area contributed by atoms with Crippen LogP contribution in [-0.4, -0.2) is 23.4 Å². The Labute approximate surface area is 69.1 Å². The number of aromatic nitrogens is 1. The molecule has 2 heterocycles. The number of rotatable bonds is 2. The van der Waals surface area contributed by atoms with Crippen molar-refractivity contribution >= 4 is 11.8 Å². The van der Waals surface area contributed by atoms with Gasteiger partial charge in [-0.05, 0) is 6.42 Å². The summed E-state index contributed by atoms with van der Waals surface area (Å²) in [5, 5.41) is 1.29. The van der Waals surface area contributed by atoms with Gasteiger partial charge in [0.2, 0.25) is 0 Å². The van der Waals surface area contributed by atoms with E-state index in [1.807, 2.05) is 0 Å². The number of oxazole rings is 1. The molecule has 0 aromatic carbocycles. The van der Waals surface area contributed by atoms with Gasteiger partial charge in [-0.3, -0.25) is 0 Å². The Morgan fingerprint density at radius 3 is 3.27 bits per heavy atom. The fraction of sp³-hybridized carbons (Fsp3) is 0.571. The molecule has 1 aliphatic heterocycles. The second kappa shape index (κ2) is 3.28. The first-order valence-electron chi connectivity index (χ1n) is 3.59. The minimum absolute atomic E-state index is 0.536. The number of ether oxygens (including phenoxy) is 1. The lowest BCUT2D eigenvalue weighted by Crippen LogP contribution is -1.99. The van der Waals surface area contributed by atoms with E-state index >= 15 is 0 Å². The van der Waals surface area contributed by atoms with Crippen molar-refractivity contribution in [3.8, 4) is 0 Å². The van der Waals surface area contributed by atoms with Crippen LogP contribution in [0.2, 0.25) is 0 Å². The molecule has 0 aliphatic carbocycles. The lowest BCUT2D eigenvalue weighted by atomic mass is 10.4. The molecule has 1 aromatic heterocycles. The minimum atomic E-state index is 0.536. The molecule has 11 heavy (non-hydrogen) atoms. The normalized spacial score (nSPS) is 24.2. The summed E-state index contributed by atoms with van der Waals surface area (Å²) in [5.74, 6) is 0. The predicted molar refractivity (Wildman–Crippen MR) is 41.6 cm³/mol. The van der Waals surface area contributed by atoms with Crippen molar-refractivity contribution in [3.63, 3.8) is 0 Å². The molecule has 1 unspecified atom stereocenters. The molecule has 2 rings (SSSR count). The van der Waals surface area contributed by atoms with Crippen LogP contribution in [0.15, 0.2) is 22.1 Å². The predicted octanol–water partition coefficient (Wildman–Crippen LogP) is 1.56. The second-order valence-electron chi connectivity index (χ2n) is 2.40. The number of nitrogens with zero attached hydrogens (tertiary/aromatic N) is 1. The van der Waals surface area contributed by atoms with Crippen LogP contribution >= 0.6 is 11.8 Å². The lowest BCUT2D eigenvalue weighted by molar-refractivity contribution is 0.199. The Morgan fingerprint density at radius 1 is 1.64 bits per heavy atom. The molecule has 0 radical (unpaired) electrons. The maximum Gasteiger partial charge on any atom is 0.255 e. The topological polar surface area (TPSA) is 35.3 Å². The monoisotopic (exact) mass is 171 g/mol. The summed E-state index contributed by atoms with van der Waals surface area (Å²) in [6.07, 6.45) is 4.36. The molecule has 1 aromatic rings. The molecule has 0 saturated carbocycles. The molecule has 1 fully saturated rings. The van der Waals surface area contributed by atoms with Gasteiger partial charge in [0.1, 0.15) is 6.26 Å². The first kappa shape index (κ1) is 7.18. The molecule has 0 amide bonds. The zero-order valence-electron chi connectivity index (χ0n) is 6.03. The zero-order chi connectivity index (χ0) is 7.52. The third kappa shape index (κ3) is 1.75. The van der Waals surface area contributed by atoms with Gasteiger partial charge in [0.25, 0.3) is 5.22 Å². The van der Waals surface area contributed by atoms with Gasteiger partial charge in [-0.15, -0.1) is 0 Å². The van der Waals surface area contributed by atoms with Gasteiger partial charge in [0, 0.05) is 11.9 Å². The zero-order valence-corrected chi connectivity index (χ0v) is 6.84. The van der Waals surface area contributed by atoms with Crippen LogP contribution in [-0.2, 0) is 4.74 Å². The fourth-order valence-corrected chi connectivity index (χ4v) is 1.91. The smallest absolute Gasteiger partial charge is 0.255 e. The Hall–Kier alpha value is -0.480. The molecular formula is C7H9NO2S. The van der Waals surface area contributed by atoms with Gasteiger partial charge in [0.15, 0.2) is 0 Å². The standard InChI is InChI=1S/C7H9NO2S/c1-3-9-5-6(1)11-7-8-2-4-10-7/h2,4,6H,1,3,5H2. The highest BCUT2D eigenvalue weighted by Crippen LogP contribution is 2.26. The van der Waals surface area contributed by atoms with Gasteiger partial charge in [-0.25, -0.2) is 4.98 Å². The first-order valence-corrected chi connectivity index (χ1v) is 4.47. The van der Waals surface area contributed by atoms with Crippen molar-refractivity contribution in [2.45, 2.75) is 16.9 Å². The van der Waals surface area contributed by atoms with E-state index in [-0.39, 0.29) is 0 Å². The summed E-state index contributed by atoms with van der Waals surface area (Å²) >= 11 is 1.66. The van der Waals surface area contributed by atoms with E-state index in [1.165, 1.54) is 0 Å². The van der Waals surface area contributed by atoms with E-state index in [2.05, 4.69) is 4.98 Å². The van der Waals surface area contributed by atoms with Crippen molar-refractivity contribution in [2.75, 3.05) is 13.2 Å². The molecule has 1 aliphatic rings. The van der Waals surface area contributed by atoms with Crippen molar-refractivity contribution in [1.29, 1.82) is 0 Å². The summed E-state index contributed by atoms with van der Waals surface area (Å²) in [7, 11) is 0. The largest absolute Gasteiger partial charge is 0.440 e. The van der Waals surface area contributed by atoms with Crippen molar-refractivity contribution in [2.24, 2.45) is 0 Å². The van der Waals surface area contributed by atoms with Gasteiger partial charge in [-0.2, -0.15) is 0 Å². The third-order valence-electron chi connectivity index (χ3n) is 1.57. The molecular weight excluding hydrogens is 162 g/mol. The lowest BCUT2D eigenvalue weighted by Gasteiger charge is -2.00. The highest BCUT2D eigenvalue weighted by molar-refractivity contribution is 7.99. The summed E-state index contributed by atoms with van der Waals surface area (Å²) in [5.41, 5.74) is 0. The van der Waals surface area contributed by atoms with Gasteiger partial charge in [-0.1, -0.05) is 11.8 Å². The Bertz CT molecular complexity index is 206. The number of hydrogen-bond donors (Lipinski definition) is 0. The molecule has 0 spiro atoms. The molecule has 60 valence electrons. The van der Waals surface area contributed by atoms with E-state index in [0.29, 0.717) is 5.25 Å². The van der Waals surface area contributed by atoms with Gasteiger partial charge < -0.3 is 9.15 Å². The van der Waals surface area contributed by atoms with Crippen molar-refractivity contribution < 1.29 is 9.15 Å². The minimum Gasteiger partial charge on any atom is -0.440 e. The van der Waals surface area contributed by atoms with Crippen LogP contribution in [0.3, 0.4) is 0 Å². The van der Waals surface area contributed by atoms with Crippen molar-refractivity contribution in [1.82, 2.24) is 4.98 Å². The summed E-state index contributed by atoms with van der Waals surface area (Å²) in [6.45, 7) is 1.70. The van der Waals surface area contributed by atoms with Crippen LogP contribution in [0.4, 0.5) is 0 Å². The molecule has 4 heteroatoms. The molecule has 0 bridgehead atoms. The first-order chi connectivity index (χ1) is 5.45. The molecule has 1 atom stereocenters. The van der Waals surface area contributed by atoms with E-state index in [4.69, 9.17) is 9.15 Å². The van der Waals surface area contributed by atoms with E-state index in [0.717, 1.165) is 24.9 Å². The SMILES string of the molecule is c1coc(SC2CCOC2)n1. The van der Waals surface area contributed by atoms with Crippen LogP contribution in [0.5, 0.6) is 0 Å².